The Balaban J connectivity index is 0.000000135. The average Bonchev–Trinajstić information content (AvgIpc) is 3.43. The number of hydrogen-bond acceptors (Lipinski definition) is 9. The Kier molecular flexibility index (Phi) is 9.54. The molecule has 1 N–H and O–H groups in total. The van der Waals surface area contributed by atoms with Gasteiger partial charge in [0.05, 0.1) is 44.5 Å². The van der Waals surface area contributed by atoms with Gasteiger partial charge in [0, 0.05) is 54.9 Å². The van der Waals surface area contributed by atoms with Gasteiger partial charge in [-0.15, -0.1) is 0 Å². The predicted molar refractivity (Wildman–Crippen MR) is 165 cm³/mol. The Morgan fingerprint density at radius 2 is 0.750 bits per heavy atom. The van der Waals surface area contributed by atoms with E-state index in [1.165, 1.54) is 0 Å². The van der Waals surface area contributed by atoms with Crippen LogP contribution in [0.15, 0.2) is 144 Å². The van der Waals surface area contributed by atoms with E-state index in [2.05, 4.69) is 39.9 Å². The average molecular weight is 664 g/mol. The molecule has 1 aromatic carbocycles. The molecule has 0 saturated heterocycles. The third-order valence-corrected chi connectivity index (χ3v) is 6.41. The number of hydrogen-bond donors (Lipinski definition) is 1. The second-order valence-electron chi connectivity index (χ2n) is 9.55. The van der Waals surface area contributed by atoms with E-state index < -0.39 is 5.85 Å². The van der Waals surface area contributed by atoms with Crippen molar-refractivity contribution in [1.82, 2.24) is 29.9 Å². The van der Waals surface area contributed by atoms with Crippen LogP contribution in [-0.4, -0.2) is 40.9 Å². The summed E-state index contributed by atoms with van der Waals surface area (Å²) in [6.45, 7) is 1.57. The molecule has 1 aliphatic rings. The van der Waals surface area contributed by atoms with Gasteiger partial charge in [0.25, 0.3) is 5.85 Å². The van der Waals surface area contributed by atoms with Gasteiger partial charge >= 0.3 is 19.5 Å². The fourth-order valence-electron chi connectivity index (χ4n) is 4.56. The van der Waals surface area contributed by atoms with Crippen LogP contribution in [0, 0.1) is 0 Å². The fourth-order valence-corrected chi connectivity index (χ4v) is 4.56. The first-order chi connectivity index (χ1) is 21.1. The molecule has 0 amide bonds. The van der Waals surface area contributed by atoms with Gasteiger partial charge in [0.15, 0.2) is 0 Å². The van der Waals surface area contributed by atoms with Crippen LogP contribution < -0.4 is 10.7 Å². The van der Waals surface area contributed by atoms with Crippen molar-refractivity contribution < 1.29 is 24.6 Å². The van der Waals surface area contributed by atoms with Crippen molar-refractivity contribution in [2.45, 2.75) is 12.8 Å². The minimum atomic E-state index is -1.41. The van der Waals surface area contributed by atoms with Crippen molar-refractivity contribution in [3.8, 4) is 22.8 Å². The number of rotatable bonds is 2. The topological polar surface area (TPSA) is 122 Å². The number of nitrogens with zero attached hydrogens (tertiary/aromatic N) is 8. The van der Waals surface area contributed by atoms with E-state index in [-0.39, 0.29) is 19.5 Å². The summed E-state index contributed by atoms with van der Waals surface area (Å²) in [5.41, 5.74) is 5.23. The van der Waals surface area contributed by atoms with E-state index in [9.17, 15) is 5.11 Å². The first-order valence-corrected chi connectivity index (χ1v) is 13.6. The molecule has 0 fully saturated rings. The molecule has 0 bridgehead atoms. The Hall–Kier alpha value is -5.18. The maximum absolute atomic E-state index is 10.1. The van der Waals surface area contributed by atoms with Gasteiger partial charge in [0.1, 0.15) is 0 Å². The van der Waals surface area contributed by atoms with Gasteiger partial charge in [-0.2, -0.15) is 0 Å². The van der Waals surface area contributed by atoms with Crippen molar-refractivity contribution in [3.05, 3.63) is 145 Å². The van der Waals surface area contributed by atoms with Crippen molar-refractivity contribution in [1.29, 1.82) is 0 Å². The van der Waals surface area contributed by atoms with Crippen molar-refractivity contribution in [2.75, 3.05) is 0 Å². The van der Waals surface area contributed by atoms with Crippen LogP contribution in [0.25, 0.3) is 44.6 Å². The Bertz CT molecular complexity index is 1870. The van der Waals surface area contributed by atoms with Gasteiger partial charge in [-0.3, -0.25) is 29.9 Å². The Morgan fingerprint density at radius 1 is 0.432 bits per heavy atom. The summed E-state index contributed by atoms with van der Waals surface area (Å²) in [7, 11) is 0. The molecule has 0 atom stereocenters. The van der Waals surface area contributed by atoms with Gasteiger partial charge in [-0.05, 0) is 72.8 Å². The van der Waals surface area contributed by atoms with E-state index in [4.69, 9.17) is 0 Å². The zero-order valence-corrected chi connectivity index (χ0v) is 25.3. The van der Waals surface area contributed by atoms with Crippen LogP contribution in [0.3, 0.4) is 0 Å². The van der Waals surface area contributed by atoms with Crippen molar-refractivity contribution in [3.63, 3.8) is 0 Å². The molecule has 0 radical (unpaired) electrons. The summed E-state index contributed by atoms with van der Waals surface area (Å²) in [4.78, 5) is 34.1. The summed E-state index contributed by atoms with van der Waals surface area (Å²) in [5, 5.41) is 13.2. The Morgan fingerprint density at radius 3 is 1.05 bits per heavy atom. The second kappa shape index (κ2) is 13.9. The molecule has 7 aromatic rings. The van der Waals surface area contributed by atoms with E-state index in [0.717, 1.165) is 44.6 Å². The van der Waals surface area contributed by atoms with Crippen molar-refractivity contribution in [2.24, 2.45) is 9.98 Å². The summed E-state index contributed by atoms with van der Waals surface area (Å²) in [5.74, 6) is -1.41. The van der Waals surface area contributed by atoms with Crippen LogP contribution >= 0.6 is 0 Å². The molecule has 8 rings (SSSR count). The molecular weight excluding hydrogens is 637 g/mol. The summed E-state index contributed by atoms with van der Waals surface area (Å²) >= 11 is 0. The number of aromatic nitrogens is 6. The van der Waals surface area contributed by atoms with Crippen LogP contribution in [0.4, 0.5) is 0 Å². The molecular formula is C34H26N8ORu+2. The largest absolute Gasteiger partial charge is 2.00 e. The van der Waals surface area contributed by atoms with Gasteiger partial charge in [0.2, 0.25) is 0 Å². The van der Waals surface area contributed by atoms with Gasteiger partial charge < -0.3 is 5.11 Å². The molecule has 44 heavy (non-hydrogen) atoms. The van der Waals surface area contributed by atoms with E-state index in [1.54, 1.807) is 44.1 Å². The van der Waals surface area contributed by atoms with E-state index in [1.807, 2.05) is 97.1 Å². The molecule has 9 nitrogen and oxygen atoms in total. The first kappa shape index (κ1) is 30.3. The molecule has 7 heterocycles. The third kappa shape index (κ3) is 6.89. The van der Waals surface area contributed by atoms with Crippen LogP contribution in [-0.2, 0) is 19.5 Å². The smallest absolute Gasteiger partial charge is 0.351 e. The van der Waals surface area contributed by atoms with Crippen molar-refractivity contribution >= 4 is 21.8 Å². The van der Waals surface area contributed by atoms with Crippen LogP contribution in [0.2, 0.25) is 0 Å². The van der Waals surface area contributed by atoms with Gasteiger partial charge in [-0.25, -0.2) is 9.98 Å². The molecule has 0 spiro atoms. The standard InChI is InChI=1S/C14H10N4O.2C10H8N2.Ru/c1-14(19)17-12-8-4-2-6-15-10(8)11-9(13(12)18-14)5-3-7-16-11;2*1-3-7-11-9(5-1)10-6-2-4-8-12-10;/h2-7,19H,1H3;2*1-8H;/q;;;+2. The molecule has 0 unspecified atom stereocenters. The van der Waals surface area contributed by atoms with E-state index >= 15 is 0 Å². The zero-order valence-electron chi connectivity index (χ0n) is 23.6. The van der Waals surface area contributed by atoms with Gasteiger partial charge in [-0.1, -0.05) is 24.3 Å². The molecule has 10 heteroatoms. The quantitative estimate of drug-likeness (QED) is 0.204. The fraction of sp³-hybridized carbons (Fsp3) is 0.0588. The summed E-state index contributed by atoms with van der Waals surface area (Å²) < 4.78 is 0. The SMILES string of the molecule is CC1(O)N=c2c(c3cccnc3c3ncccc23)=N1.[Ru+2].c1ccc(-c2ccccn2)nc1.c1ccc(-c2ccccn2)nc1. The maximum Gasteiger partial charge on any atom is 2.00 e. The summed E-state index contributed by atoms with van der Waals surface area (Å²) in [6.07, 6.45) is 10.5. The summed E-state index contributed by atoms with van der Waals surface area (Å²) in [6, 6.07) is 30.7. The minimum Gasteiger partial charge on any atom is -0.351 e. The Labute approximate surface area is 266 Å². The number of pyridine rings is 6. The zero-order chi connectivity index (χ0) is 29.5. The number of fused-ring (bicyclic) bond motifs is 6. The molecule has 0 aliphatic carbocycles. The predicted octanol–water partition coefficient (Wildman–Crippen LogP) is 4.99. The molecule has 1 aliphatic heterocycles. The normalized spacial score (nSPS) is 12.2. The second-order valence-corrected chi connectivity index (χ2v) is 9.55. The number of aliphatic hydroxyl groups is 1. The monoisotopic (exact) mass is 664 g/mol. The molecule has 214 valence electrons. The van der Waals surface area contributed by atoms with Crippen LogP contribution in [0.1, 0.15) is 6.92 Å². The molecule has 6 aromatic heterocycles. The van der Waals surface area contributed by atoms with Crippen LogP contribution in [0.5, 0.6) is 0 Å². The molecule has 0 saturated carbocycles. The van der Waals surface area contributed by atoms with E-state index in [0.29, 0.717) is 10.7 Å². The minimum absolute atomic E-state index is 0. The number of benzene rings is 1. The third-order valence-electron chi connectivity index (χ3n) is 6.41. The first-order valence-electron chi connectivity index (χ1n) is 13.6. The maximum atomic E-state index is 10.1.